The maximum atomic E-state index is 13.2. The van der Waals surface area contributed by atoms with E-state index in [0.29, 0.717) is 24.2 Å². The summed E-state index contributed by atoms with van der Waals surface area (Å²) in [5, 5.41) is 22.4. The smallest absolute Gasteiger partial charge is 0.256 e. The molecule has 1 aromatic carbocycles. The topological polar surface area (TPSA) is 94.8 Å². The molecule has 1 fully saturated rings. The molecule has 0 unspecified atom stereocenters. The molecule has 1 aliphatic heterocycles. The highest BCUT2D eigenvalue weighted by Gasteiger charge is 2.30. The molecule has 0 saturated carbocycles. The van der Waals surface area contributed by atoms with E-state index in [4.69, 9.17) is 0 Å². The minimum absolute atomic E-state index is 0.0768. The third-order valence-corrected chi connectivity index (χ3v) is 4.89. The van der Waals surface area contributed by atoms with Crippen molar-refractivity contribution < 1.29 is 19.8 Å². The fourth-order valence-electron chi connectivity index (χ4n) is 3.51. The molecule has 2 amide bonds. The van der Waals surface area contributed by atoms with Gasteiger partial charge in [0, 0.05) is 37.1 Å². The van der Waals surface area contributed by atoms with E-state index in [1.165, 1.54) is 6.92 Å². The number of anilines is 1. The van der Waals surface area contributed by atoms with Crippen LogP contribution in [0.5, 0.6) is 0 Å². The largest absolute Gasteiger partial charge is 0.390 e. The number of β-amino-alcohol motifs (C(OH)–C–C–N with tert-alkyl or cyclic N) is 1. The van der Waals surface area contributed by atoms with E-state index in [1.807, 2.05) is 36.6 Å². The maximum absolute atomic E-state index is 13.2. The van der Waals surface area contributed by atoms with Crippen LogP contribution in [0.25, 0.3) is 5.69 Å². The number of likely N-dealkylation sites (tertiary alicyclic amines) is 1. The average Bonchev–Trinajstić information content (AvgIpc) is 2.95. The summed E-state index contributed by atoms with van der Waals surface area (Å²) in [7, 11) is 0. The molecule has 3 N–H and O–H groups in total. The first-order valence-corrected chi connectivity index (χ1v) is 9.00. The summed E-state index contributed by atoms with van der Waals surface area (Å²) in [6, 6.07) is 9.20. The van der Waals surface area contributed by atoms with Crippen molar-refractivity contribution in [2.45, 2.75) is 39.4 Å². The standard InChI is InChI=1S/C20H25N3O4/c1-12-4-5-13(2)23(12)17-7-6-15(21-14(3)24)10-16(17)20(27)22-9-8-18(25)19(26)11-22/h4-7,10,18-19,25-26H,8-9,11H2,1-3H3,(H,21,24)/t18-,19-/m0/s1. The minimum atomic E-state index is -0.959. The summed E-state index contributed by atoms with van der Waals surface area (Å²) in [6.45, 7) is 5.78. The number of aromatic nitrogens is 1. The Morgan fingerprint density at radius 1 is 1.07 bits per heavy atom. The highest BCUT2D eigenvalue weighted by Crippen LogP contribution is 2.26. The number of piperidine rings is 1. The predicted octanol–water partition coefficient (Wildman–Crippen LogP) is 1.62. The zero-order valence-corrected chi connectivity index (χ0v) is 15.8. The van der Waals surface area contributed by atoms with Crippen LogP contribution in [0, 0.1) is 13.8 Å². The lowest BCUT2D eigenvalue weighted by Gasteiger charge is -2.34. The SMILES string of the molecule is CC(=O)Nc1ccc(-n2c(C)ccc2C)c(C(=O)N2CC[C@H](O)[C@@H](O)C2)c1. The first-order chi connectivity index (χ1) is 12.8. The van der Waals surface area contributed by atoms with E-state index in [2.05, 4.69) is 5.32 Å². The zero-order chi connectivity index (χ0) is 19.7. The maximum Gasteiger partial charge on any atom is 0.256 e. The highest BCUT2D eigenvalue weighted by molar-refractivity contribution is 6.00. The fourth-order valence-corrected chi connectivity index (χ4v) is 3.51. The van der Waals surface area contributed by atoms with Gasteiger partial charge >= 0.3 is 0 Å². The average molecular weight is 371 g/mol. The molecule has 27 heavy (non-hydrogen) atoms. The molecule has 144 valence electrons. The molecule has 2 atom stereocenters. The summed E-state index contributed by atoms with van der Waals surface area (Å²) in [4.78, 5) is 26.2. The molecule has 3 rings (SSSR count). The molecular weight excluding hydrogens is 346 g/mol. The number of hydrogen-bond acceptors (Lipinski definition) is 4. The number of aliphatic hydroxyl groups excluding tert-OH is 2. The van der Waals surface area contributed by atoms with E-state index >= 15 is 0 Å². The van der Waals surface area contributed by atoms with Crippen molar-refractivity contribution in [2.75, 3.05) is 18.4 Å². The molecule has 0 bridgehead atoms. The molecule has 7 heteroatoms. The molecular formula is C20H25N3O4. The monoisotopic (exact) mass is 371 g/mol. The summed E-state index contributed by atoms with van der Waals surface area (Å²) in [6.07, 6.45) is -1.44. The molecule has 2 aromatic rings. The lowest BCUT2D eigenvalue weighted by Crippen LogP contribution is -2.49. The summed E-state index contributed by atoms with van der Waals surface area (Å²) < 4.78 is 1.99. The van der Waals surface area contributed by atoms with Gasteiger partial charge in [0.15, 0.2) is 0 Å². The van der Waals surface area contributed by atoms with Crippen molar-refractivity contribution in [1.29, 1.82) is 0 Å². The number of hydrogen-bond donors (Lipinski definition) is 3. The zero-order valence-electron chi connectivity index (χ0n) is 15.8. The second-order valence-electron chi connectivity index (χ2n) is 7.04. The van der Waals surface area contributed by atoms with Gasteiger partial charge in [0.25, 0.3) is 5.91 Å². The second kappa shape index (κ2) is 7.54. The summed E-state index contributed by atoms with van der Waals surface area (Å²) in [5.41, 5.74) is 3.67. The fraction of sp³-hybridized carbons (Fsp3) is 0.400. The molecule has 0 aliphatic carbocycles. The second-order valence-corrected chi connectivity index (χ2v) is 7.04. The van der Waals surface area contributed by atoms with Crippen LogP contribution in [0.2, 0.25) is 0 Å². The van der Waals surface area contributed by atoms with E-state index in [1.54, 1.807) is 17.0 Å². The lowest BCUT2D eigenvalue weighted by atomic mass is 10.0. The Balaban J connectivity index is 2.05. The first kappa shape index (κ1) is 19.1. The predicted molar refractivity (Wildman–Crippen MR) is 102 cm³/mol. The van der Waals surface area contributed by atoms with Gasteiger partial charge in [-0.15, -0.1) is 0 Å². The Morgan fingerprint density at radius 3 is 2.33 bits per heavy atom. The van der Waals surface area contributed by atoms with Gasteiger partial charge in [0.05, 0.1) is 23.5 Å². The van der Waals surface area contributed by atoms with Gasteiger partial charge in [0.2, 0.25) is 5.91 Å². The Bertz CT molecular complexity index is 855. The summed E-state index contributed by atoms with van der Waals surface area (Å²) >= 11 is 0. The number of rotatable bonds is 3. The molecule has 1 aliphatic rings. The number of aryl methyl sites for hydroxylation is 2. The van der Waals surface area contributed by atoms with Gasteiger partial charge in [0.1, 0.15) is 0 Å². The molecule has 7 nitrogen and oxygen atoms in total. The number of carbonyl (C=O) groups excluding carboxylic acids is 2. The normalized spacial score (nSPS) is 19.8. The van der Waals surface area contributed by atoms with E-state index in [9.17, 15) is 19.8 Å². The Morgan fingerprint density at radius 2 is 1.74 bits per heavy atom. The highest BCUT2D eigenvalue weighted by atomic mass is 16.3. The van der Waals surface area contributed by atoms with Crippen molar-refractivity contribution in [2.24, 2.45) is 0 Å². The first-order valence-electron chi connectivity index (χ1n) is 9.00. The van der Waals surface area contributed by atoms with Crippen LogP contribution in [0.3, 0.4) is 0 Å². The van der Waals surface area contributed by atoms with Gasteiger partial charge in [-0.1, -0.05) is 0 Å². The summed E-state index contributed by atoms with van der Waals surface area (Å²) in [5.74, 6) is -0.457. The lowest BCUT2D eigenvalue weighted by molar-refractivity contribution is -0.114. The van der Waals surface area contributed by atoms with Crippen LogP contribution in [-0.2, 0) is 4.79 Å². The number of carbonyl (C=O) groups is 2. The third kappa shape index (κ3) is 3.89. The minimum Gasteiger partial charge on any atom is -0.390 e. The van der Waals surface area contributed by atoms with Crippen molar-refractivity contribution in [3.05, 3.63) is 47.3 Å². The van der Waals surface area contributed by atoms with Crippen molar-refractivity contribution in [1.82, 2.24) is 9.47 Å². The van der Waals surface area contributed by atoms with Crippen LogP contribution in [-0.4, -0.2) is 56.8 Å². The van der Waals surface area contributed by atoms with E-state index in [0.717, 1.165) is 17.1 Å². The van der Waals surface area contributed by atoms with Crippen LogP contribution < -0.4 is 5.32 Å². The van der Waals surface area contributed by atoms with Gasteiger partial charge in [-0.2, -0.15) is 0 Å². The van der Waals surface area contributed by atoms with Crippen LogP contribution in [0.4, 0.5) is 5.69 Å². The molecule has 0 spiro atoms. The third-order valence-electron chi connectivity index (χ3n) is 4.89. The number of nitrogens with zero attached hydrogens (tertiary/aromatic N) is 2. The Hall–Kier alpha value is -2.64. The number of aliphatic hydroxyl groups is 2. The number of benzene rings is 1. The van der Waals surface area contributed by atoms with Crippen LogP contribution >= 0.6 is 0 Å². The molecule has 2 heterocycles. The van der Waals surface area contributed by atoms with Gasteiger partial charge in [-0.3, -0.25) is 9.59 Å². The van der Waals surface area contributed by atoms with Gasteiger partial charge in [-0.25, -0.2) is 0 Å². The van der Waals surface area contributed by atoms with Crippen LogP contribution in [0.15, 0.2) is 30.3 Å². The molecule has 0 radical (unpaired) electrons. The Kier molecular flexibility index (Phi) is 5.34. The number of nitrogens with one attached hydrogen (secondary N) is 1. The van der Waals surface area contributed by atoms with E-state index < -0.39 is 12.2 Å². The van der Waals surface area contributed by atoms with E-state index in [-0.39, 0.29) is 18.4 Å². The van der Waals surface area contributed by atoms with Gasteiger partial charge in [-0.05, 0) is 50.6 Å². The van der Waals surface area contributed by atoms with Crippen molar-refractivity contribution in [3.8, 4) is 5.69 Å². The quantitative estimate of drug-likeness (QED) is 0.764. The van der Waals surface area contributed by atoms with Crippen molar-refractivity contribution >= 4 is 17.5 Å². The molecule has 1 aromatic heterocycles. The van der Waals surface area contributed by atoms with Crippen LogP contribution in [0.1, 0.15) is 35.1 Å². The van der Waals surface area contributed by atoms with Gasteiger partial charge < -0.3 is 25.0 Å². The molecule has 1 saturated heterocycles. The number of amides is 2. The van der Waals surface area contributed by atoms with Crippen molar-refractivity contribution in [3.63, 3.8) is 0 Å². The Labute approximate surface area is 158 Å².